The number of aryl methyl sites for hydroxylation is 4. The SMILES string of the molecule is Cc1cccc(C)c1P(=O)(/N=C/c1ccco1)c1c(C)cccc1C. The molecule has 0 bridgehead atoms. The highest BCUT2D eigenvalue weighted by Crippen LogP contribution is 2.48. The van der Waals surface area contributed by atoms with Crippen molar-refractivity contribution in [3.63, 3.8) is 0 Å². The molecule has 0 aliphatic carbocycles. The fraction of sp³-hybridized carbons (Fsp3) is 0.190. The molecule has 0 radical (unpaired) electrons. The Labute approximate surface area is 148 Å². The van der Waals surface area contributed by atoms with E-state index in [1.54, 1.807) is 18.5 Å². The van der Waals surface area contributed by atoms with Crippen molar-refractivity contribution in [2.24, 2.45) is 4.76 Å². The molecule has 0 saturated heterocycles. The second kappa shape index (κ2) is 6.85. The third-order valence-electron chi connectivity index (χ3n) is 4.38. The van der Waals surface area contributed by atoms with Crippen LogP contribution in [0.5, 0.6) is 0 Å². The number of benzene rings is 2. The number of nitrogens with zero attached hydrogens (tertiary/aromatic N) is 1. The molecule has 0 fully saturated rings. The first-order valence-electron chi connectivity index (χ1n) is 8.26. The summed E-state index contributed by atoms with van der Waals surface area (Å²) in [5, 5.41) is 1.63. The molecule has 3 aromatic rings. The molecular weight excluding hydrogens is 329 g/mol. The van der Waals surface area contributed by atoms with Crippen molar-refractivity contribution < 1.29 is 8.98 Å². The third-order valence-corrected chi connectivity index (χ3v) is 7.44. The van der Waals surface area contributed by atoms with Crippen LogP contribution < -0.4 is 10.6 Å². The van der Waals surface area contributed by atoms with Gasteiger partial charge in [-0.1, -0.05) is 36.4 Å². The van der Waals surface area contributed by atoms with Gasteiger partial charge in [0, 0.05) is 10.6 Å². The molecule has 25 heavy (non-hydrogen) atoms. The Kier molecular flexibility index (Phi) is 4.78. The third kappa shape index (κ3) is 3.25. The molecule has 1 heterocycles. The minimum Gasteiger partial charge on any atom is -0.463 e. The maximum Gasteiger partial charge on any atom is 0.248 e. The zero-order valence-electron chi connectivity index (χ0n) is 15.0. The first-order chi connectivity index (χ1) is 11.9. The van der Waals surface area contributed by atoms with Gasteiger partial charge in [-0.2, -0.15) is 0 Å². The quantitative estimate of drug-likeness (QED) is 0.497. The number of hydrogen-bond acceptors (Lipinski definition) is 2. The number of furan rings is 1. The summed E-state index contributed by atoms with van der Waals surface area (Å²) in [6.07, 6.45) is 3.17. The van der Waals surface area contributed by atoms with Crippen LogP contribution in [0.2, 0.25) is 0 Å². The molecule has 0 aliphatic rings. The van der Waals surface area contributed by atoms with Gasteiger partial charge in [0.2, 0.25) is 7.29 Å². The highest BCUT2D eigenvalue weighted by atomic mass is 31.2. The Bertz CT molecular complexity index is 876. The molecule has 1 aromatic heterocycles. The van der Waals surface area contributed by atoms with Crippen LogP contribution in [0.1, 0.15) is 28.0 Å². The topological polar surface area (TPSA) is 42.6 Å². The Morgan fingerprint density at radius 1 is 0.800 bits per heavy atom. The smallest absolute Gasteiger partial charge is 0.248 e. The molecule has 0 aliphatic heterocycles. The van der Waals surface area contributed by atoms with Crippen molar-refractivity contribution in [3.8, 4) is 0 Å². The van der Waals surface area contributed by atoms with Crippen molar-refractivity contribution in [1.29, 1.82) is 0 Å². The molecule has 128 valence electrons. The summed E-state index contributed by atoms with van der Waals surface area (Å²) < 4.78 is 24.3. The molecule has 0 atom stereocenters. The van der Waals surface area contributed by atoms with Gasteiger partial charge >= 0.3 is 0 Å². The maximum absolute atomic E-state index is 14.4. The summed E-state index contributed by atoms with van der Waals surface area (Å²) in [4.78, 5) is 0. The van der Waals surface area contributed by atoms with Crippen molar-refractivity contribution >= 4 is 24.1 Å². The van der Waals surface area contributed by atoms with Gasteiger partial charge in [0.1, 0.15) is 5.76 Å². The lowest BCUT2D eigenvalue weighted by Gasteiger charge is -2.22. The Morgan fingerprint density at radius 3 is 1.68 bits per heavy atom. The van der Waals surface area contributed by atoms with E-state index in [0.29, 0.717) is 5.76 Å². The summed E-state index contributed by atoms with van der Waals surface area (Å²) in [5.41, 5.74) is 3.95. The molecule has 0 saturated carbocycles. The minimum absolute atomic E-state index is 0.595. The monoisotopic (exact) mass is 351 g/mol. The van der Waals surface area contributed by atoms with Crippen LogP contribution in [0, 0.1) is 27.7 Å². The van der Waals surface area contributed by atoms with E-state index in [-0.39, 0.29) is 0 Å². The molecular formula is C21H22NO2P. The van der Waals surface area contributed by atoms with Gasteiger partial charge in [-0.15, -0.1) is 0 Å². The van der Waals surface area contributed by atoms with Gasteiger partial charge in [0.05, 0.1) is 12.5 Å². The van der Waals surface area contributed by atoms with Crippen molar-refractivity contribution in [1.82, 2.24) is 0 Å². The van der Waals surface area contributed by atoms with Crippen molar-refractivity contribution in [2.75, 3.05) is 0 Å². The molecule has 2 aromatic carbocycles. The van der Waals surface area contributed by atoms with Crippen LogP contribution in [-0.2, 0) is 4.57 Å². The largest absolute Gasteiger partial charge is 0.463 e. The molecule has 3 nitrogen and oxygen atoms in total. The number of hydrogen-bond donors (Lipinski definition) is 0. The molecule has 0 amide bonds. The van der Waals surface area contributed by atoms with Crippen molar-refractivity contribution in [3.05, 3.63) is 82.8 Å². The lowest BCUT2D eigenvalue weighted by Crippen LogP contribution is -2.23. The zero-order valence-corrected chi connectivity index (χ0v) is 15.9. The molecule has 4 heteroatoms. The van der Waals surface area contributed by atoms with E-state index in [1.165, 1.54) is 0 Å². The predicted molar refractivity (Wildman–Crippen MR) is 105 cm³/mol. The fourth-order valence-corrected chi connectivity index (χ4v) is 6.24. The summed E-state index contributed by atoms with van der Waals surface area (Å²) >= 11 is 0. The van der Waals surface area contributed by atoms with E-state index in [1.807, 2.05) is 70.2 Å². The van der Waals surface area contributed by atoms with E-state index in [2.05, 4.69) is 4.76 Å². The number of rotatable bonds is 4. The summed E-state index contributed by atoms with van der Waals surface area (Å²) in [6, 6.07) is 15.5. The standard InChI is InChI=1S/C21H22NO2P/c1-15-8-5-9-16(2)20(15)25(23,22-14-19-12-7-13-24-19)21-17(3)10-6-11-18(21)4/h5-14H,1-4H3/b22-14+. The summed E-state index contributed by atoms with van der Waals surface area (Å²) in [5.74, 6) is 0.595. The van der Waals surface area contributed by atoms with Crippen LogP contribution in [0.3, 0.4) is 0 Å². The van der Waals surface area contributed by atoms with E-state index < -0.39 is 7.29 Å². The first kappa shape index (κ1) is 17.4. The van der Waals surface area contributed by atoms with E-state index in [9.17, 15) is 4.57 Å². The highest BCUT2D eigenvalue weighted by molar-refractivity contribution is 7.78. The summed E-state index contributed by atoms with van der Waals surface area (Å²) in [6.45, 7) is 7.96. The van der Waals surface area contributed by atoms with E-state index >= 15 is 0 Å². The lowest BCUT2D eigenvalue weighted by atomic mass is 10.1. The van der Waals surface area contributed by atoms with Crippen LogP contribution in [0.25, 0.3) is 0 Å². The average Bonchev–Trinajstić information content (AvgIpc) is 3.06. The van der Waals surface area contributed by atoms with Gasteiger partial charge in [0.15, 0.2) is 0 Å². The zero-order chi connectivity index (χ0) is 18.0. The van der Waals surface area contributed by atoms with Gasteiger partial charge in [-0.05, 0) is 62.1 Å². The molecule has 0 unspecified atom stereocenters. The Morgan fingerprint density at radius 2 is 1.28 bits per heavy atom. The van der Waals surface area contributed by atoms with E-state index in [4.69, 9.17) is 4.42 Å². The second-order valence-corrected chi connectivity index (χ2v) is 8.59. The fourth-order valence-electron chi connectivity index (χ4n) is 3.30. The van der Waals surface area contributed by atoms with Crippen LogP contribution in [0.4, 0.5) is 0 Å². The molecule has 0 spiro atoms. The van der Waals surface area contributed by atoms with Crippen molar-refractivity contribution in [2.45, 2.75) is 27.7 Å². The van der Waals surface area contributed by atoms with Gasteiger partial charge < -0.3 is 4.42 Å². The highest BCUT2D eigenvalue weighted by Gasteiger charge is 2.32. The lowest BCUT2D eigenvalue weighted by molar-refractivity contribution is 0.560. The normalized spacial score (nSPS) is 12.0. The second-order valence-electron chi connectivity index (χ2n) is 6.32. The maximum atomic E-state index is 14.4. The molecule has 0 N–H and O–H groups in total. The van der Waals surface area contributed by atoms with Gasteiger partial charge in [-0.25, -0.2) is 4.76 Å². The average molecular weight is 351 g/mol. The Balaban J connectivity index is 2.31. The van der Waals surface area contributed by atoms with Crippen LogP contribution in [0.15, 0.2) is 64.0 Å². The predicted octanol–water partition coefficient (Wildman–Crippen LogP) is 4.86. The first-order valence-corrected chi connectivity index (χ1v) is 9.92. The van der Waals surface area contributed by atoms with E-state index in [0.717, 1.165) is 32.9 Å². The Hall–Kier alpha value is -2.38. The summed E-state index contributed by atoms with van der Waals surface area (Å²) in [7, 11) is -3.21. The minimum atomic E-state index is -3.21. The molecule has 3 rings (SSSR count). The van der Waals surface area contributed by atoms with Gasteiger partial charge in [-0.3, -0.25) is 4.57 Å². The van der Waals surface area contributed by atoms with Crippen LogP contribution in [-0.4, -0.2) is 6.21 Å². The van der Waals surface area contributed by atoms with Gasteiger partial charge in [0.25, 0.3) is 0 Å². The van der Waals surface area contributed by atoms with Crippen LogP contribution >= 0.6 is 7.29 Å².